The van der Waals surface area contributed by atoms with Gasteiger partial charge in [-0.25, -0.2) is 9.37 Å². The molecule has 142 valence electrons. The predicted octanol–water partition coefficient (Wildman–Crippen LogP) is 4.37. The first-order chi connectivity index (χ1) is 13.1. The number of rotatable bonds is 5. The van der Waals surface area contributed by atoms with E-state index in [2.05, 4.69) is 20.3 Å². The Hall–Kier alpha value is -2.25. The molecule has 1 aromatic carbocycles. The van der Waals surface area contributed by atoms with Gasteiger partial charge in [0, 0.05) is 12.5 Å². The van der Waals surface area contributed by atoms with Gasteiger partial charge in [-0.2, -0.15) is 9.97 Å². The highest BCUT2D eigenvalue weighted by Crippen LogP contribution is 2.39. The van der Waals surface area contributed by atoms with Crippen LogP contribution in [0.1, 0.15) is 32.1 Å². The van der Waals surface area contributed by atoms with Crippen LogP contribution in [0.2, 0.25) is 5.28 Å². The van der Waals surface area contributed by atoms with Crippen LogP contribution in [0.5, 0.6) is 0 Å². The summed E-state index contributed by atoms with van der Waals surface area (Å²) in [5.74, 6) is 0.325. The summed E-state index contributed by atoms with van der Waals surface area (Å²) >= 11 is 6.12. The Morgan fingerprint density at radius 1 is 1.26 bits per heavy atom. The van der Waals surface area contributed by atoms with Crippen LogP contribution >= 0.6 is 11.6 Å². The van der Waals surface area contributed by atoms with Crippen LogP contribution in [0.25, 0.3) is 11.2 Å². The van der Waals surface area contributed by atoms with Gasteiger partial charge in [0.25, 0.3) is 0 Å². The van der Waals surface area contributed by atoms with Crippen LogP contribution in [0.3, 0.4) is 0 Å². The zero-order valence-electron chi connectivity index (χ0n) is 15.1. The number of hydrogen-bond donors (Lipinski definition) is 1. The zero-order chi connectivity index (χ0) is 19.0. The highest BCUT2D eigenvalue weighted by molar-refractivity contribution is 6.28. The lowest BCUT2D eigenvalue weighted by molar-refractivity contribution is -0.0186. The fourth-order valence-corrected chi connectivity index (χ4v) is 3.68. The molecule has 8 heteroatoms. The van der Waals surface area contributed by atoms with Gasteiger partial charge in [-0.3, -0.25) is 4.57 Å². The normalized spacial score (nSPS) is 25.2. The Balaban J connectivity index is 1.66. The number of aromatic nitrogens is 4. The third-order valence-corrected chi connectivity index (χ3v) is 5.22. The molecule has 27 heavy (non-hydrogen) atoms. The fourth-order valence-electron chi connectivity index (χ4n) is 3.51. The molecule has 6 nitrogen and oxygen atoms in total. The van der Waals surface area contributed by atoms with Crippen molar-refractivity contribution < 1.29 is 9.13 Å². The maximum Gasteiger partial charge on any atom is 0.226 e. The van der Waals surface area contributed by atoms with E-state index < -0.39 is 12.4 Å². The molecule has 0 unspecified atom stereocenters. The maximum atomic E-state index is 14.8. The van der Waals surface area contributed by atoms with Crippen LogP contribution in [-0.2, 0) is 11.3 Å². The Kier molecular flexibility index (Phi) is 4.97. The number of nitrogens with one attached hydrogen (secondary N) is 1. The van der Waals surface area contributed by atoms with Gasteiger partial charge in [0.05, 0.1) is 12.4 Å². The molecular weight excluding hydrogens is 369 g/mol. The minimum Gasteiger partial charge on any atom is -0.364 e. The lowest BCUT2D eigenvalue weighted by Crippen LogP contribution is -2.20. The number of ether oxygens (including phenoxy) is 1. The summed E-state index contributed by atoms with van der Waals surface area (Å²) in [7, 11) is 0. The Morgan fingerprint density at radius 2 is 2.04 bits per heavy atom. The Labute approximate surface area is 161 Å². The van der Waals surface area contributed by atoms with E-state index in [1.54, 1.807) is 10.9 Å². The monoisotopic (exact) mass is 389 g/mol. The fraction of sp³-hybridized carbons (Fsp3) is 0.421. The molecule has 0 spiro atoms. The largest absolute Gasteiger partial charge is 0.364 e. The molecule has 0 bridgehead atoms. The quantitative estimate of drug-likeness (QED) is 0.656. The molecule has 1 fully saturated rings. The van der Waals surface area contributed by atoms with Crippen LogP contribution in [0.15, 0.2) is 36.7 Å². The third-order valence-electron chi connectivity index (χ3n) is 5.05. The van der Waals surface area contributed by atoms with E-state index in [-0.39, 0.29) is 17.3 Å². The second-order valence-corrected chi connectivity index (χ2v) is 7.12. The zero-order valence-corrected chi connectivity index (χ0v) is 15.9. The first kappa shape index (κ1) is 18.1. The van der Waals surface area contributed by atoms with E-state index in [9.17, 15) is 4.39 Å². The standard InChI is InChI=1S/C19H21ClFN5O/c1-3-13-11(2)14(21)18(27-13)26-10-23-15-16(24-19(20)25-17(15)26)22-9-12-7-5-4-6-8-12/h4-8,10-11,13-14,18H,3,9H2,1-2H3,(H,22,24,25)/t11-,13-,14+,18-/m1/s1. The van der Waals surface area contributed by atoms with E-state index in [1.165, 1.54) is 0 Å². The molecule has 4 rings (SSSR count). The van der Waals surface area contributed by atoms with E-state index in [0.717, 1.165) is 12.0 Å². The molecule has 2 aromatic heterocycles. The Bertz CT molecular complexity index is 934. The molecule has 0 aliphatic carbocycles. The van der Waals surface area contributed by atoms with Gasteiger partial charge >= 0.3 is 0 Å². The van der Waals surface area contributed by atoms with Gasteiger partial charge in [0.2, 0.25) is 5.28 Å². The second kappa shape index (κ2) is 7.40. The van der Waals surface area contributed by atoms with Crippen molar-refractivity contribution in [2.45, 2.75) is 45.3 Å². The van der Waals surface area contributed by atoms with Crippen LogP contribution in [0.4, 0.5) is 10.2 Å². The number of hydrogen-bond acceptors (Lipinski definition) is 5. The number of anilines is 1. The lowest BCUT2D eigenvalue weighted by atomic mass is 10.00. The van der Waals surface area contributed by atoms with E-state index in [0.29, 0.717) is 23.5 Å². The van der Waals surface area contributed by atoms with Crippen LogP contribution in [-0.4, -0.2) is 31.8 Å². The minimum absolute atomic E-state index is 0.0771. The highest BCUT2D eigenvalue weighted by atomic mass is 35.5. The molecular formula is C19H21ClFN5O. The second-order valence-electron chi connectivity index (χ2n) is 6.78. The molecule has 0 amide bonds. The summed E-state index contributed by atoms with van der Waals surface area (Å²) in [6.45, 7) is 4.43. The summed E-state index contributed by atoms with van der Waals surface area (Å²) in [6.07, 6.45) is 0.274. The van der Waals surface area contributed by atoms with Crippen molar-refractivity contribution in [3.63, 3.8) is 0 Å². The summed E-state index contributed by atoms with van der Waals surface area (Å²) in [4.78, 5) is 12.9. The first-order valence-corrected chi connectivity index (χ1v) is 9.43. The molecule has 0 radical (unpaired) electrons. The number of benzene rings is 1. The summed E-state index contributed by atoms with van der Waals surface area (Å²) < 4.78 is 22.4. The SMILES string of the molecule is CC[C@H]1O[C@@H](n2cnc3c(NCc4ccccc4)nc(Cl)nc32)[C@@H](F)[C@@H]1C. The predicted molar refractivity (Wildman–Crippen MR) is 102 cm³/mol. The van der Waals surface area contributed by atoms with Crippen molar-refractivity contribution >= 4 is 28.6 Å². The van der Waals surface area contributed by atoms with Gasteiger partial charge in [0.1, 0.15) is 0 Å². The summed E-state index contributed by atoms with van der Waals surface area (Å²) in [5, 5.41) is 3.32. The number of halogens is 2. The molecule has 3 aromatic rings. The van der Waals surface area contributed by atoms with Crippen molar-refractivity contribution in [1.29, 1.82) is 0 Å². The molecule has 1 aliphatic heterocycles. The van der Waals surface area contributed by atoms with Crippen molar-refractivity contribution in [3.05, 3.63) is 47.5 Å². The van der Waals surface area contributed by atoms with Gasteiger partial charge in [0.15, 0.2) is 29.4 Å². The van der Waals surface area contributed by atoms with Gasteiger partial charge in [-0.1, -0.05) is 44.2 Å². The minimum atomic E-state index is -1.14. The number of fused-ring (bicyclic) bond motifs is 1. The van der Waals surface area contributed by atoms with E-state index >= 15 is 0 Å². The molecule has 1 aliphatic rings. The number of imidazole rings is 1. The van der Waals surface area contributed by atoms with Crippen LogP contribution in [0, 0.1) is 5.92 Å². The molecule has 0 saturated carbocycles. The summed E-state index contributed by atoms with van der Waals surface area (Å²) in [6, 6.07) is 9.93. The highest BCUT2D eigenvalue weighted by Gasteiger charge is 2.43. The van der Waals surface area contributed by atoms with Crippen molar-refractivity contribution in [1.82, 2.24) is 19.5 Å². The molecule has 3 heterocycles. The maximum absolute atomic E-state index is 14.8. The third kappa shape index (κ3) is 3.37. The number of nitrogens with zero attached hydrogens (tertiary/aromatic N) is 4. The molecule has 1 N–H and O–H groups in total. The molecule has 1 saturated heterocycles. The lowest BCUT2D eigenvalue weighted by Gasteiger charge is -2.16. The first-order valence-electron chi connectivity index (χ1n) is 9.06. The Morgan fingerprint density at radius 3 is 2.74 bits per heavy atom. The topological polar surface area (TPSA) is 64.9 Å². The molecule has 4 atom stereocenters. The number of alkyl halides is 1. The van der Waals surface area contributed by atoms with E-state index in [1.807, 2.05) is 44.2 Å². The van der Waals surface area contributed by atoms with Crippen molar-refractivity contribution in [2.24, 2.45) is 5.92 Å². The van der Waals surface area contributed by atoms with Crippen molar-refractivity contribution in [3.8, 4) is 0 Å². The van der Waals surface area contributed by atoms with Gasteiger partial charge in [-0.05, 0) is 23.6 Å². The van der Waals surface area contributed by atoms with E-state index in [4.69, 9.17) is 16.3 Å². The van der Waals surface area contributed by atoms with Gasteiger partial charge < -0.3 is 10.1 Å². The van der Waals surface area contributed by atoms with Crippen molar-refractivity contribution in [2.75, 3.05) is 5.32 Å². The van der Waals surface area contributed by atoms with Crippen LogP contribution < -0.4 is 5.32 Å². The summed E-state index contributed by atoms with van der Waals surface area (Å²) in [5.41, 5.74) is 2.10. The average molecular weight is 390 g/mol. The smallest absolute Gasteiger partial charge is 0.226 e. The average Bonchev–Trinajstić information content (AvgIpc) is 3.22. The van der Waals surface area contributed by atoms with Gasteiger partial charge in [-0.15, -0.1) is 0 Å².